The summed E-state index contributed by atoms with van der Waals surface area (Å²) in [7, 11) is 0. The minimum absolute atomic E-state index is 0.0660. The molecule has 160 valence electrons. The van der Waals surface area contributed by atoms with Crippen LogP contribution in [0.1, 0.15) is 42.9 Å². The quantitative estimate of drug-likeness (QED) is 0.754. The van der Waals surface area contributed by atoms with Crippen molar-refractivity contribution in [1.82, 2.24) is 10.2 Å². The van der Waals surface area contributed by atoms with Crippen molar-refractivity contribution >= 4 is 5.91 Å². The maximum Gasteiger partial charge on any atom is 0.220 e. The van der Waals surface area contributed by atoms with Gasteiger partial charge in [-0.15, -0.1) is 0 Å². The van der Waals surface area contributed by atoms with Crippen molar-refractivity contribution in [2.24, 2.45) is 5.92 Å². The van der Waals surface area contributed by atoms with Gasteiger partial charge in [-0.05, 0) is 60.5 Å². The number of piperidine rings is 1. The van der Waals surface area contributed by atoms with Gasteiger partial charge in [0, 0.05) is 26.1 Å². The summed E-state index contributed by atoms with van der Waals surface area (Å²) in [6, 6.07) is 14.5. The molecule has 2 aromatic carbocycles. The molecule has 1 saturated heterocycles. The summed E-state index contributed by atoms with van der Waals surface area (Å²) in [6.45, 7) is 7.49. The highest BCUT2D eigenvalue weighted by atomic mass is 16.6. The molecule has 5 heteroatoms. The second kappa shape index (κ2) is 9.98. The van der Waals surface area contributed by atoms with Crippen LogP contribution in [0.25, 0.3) is 0 Å². The van der Waals surface area contributed by atoms with Crippen LogP contribution in [0.2, 0.25) is 0 Å². The number of nitrogens with one attached hydrogen (secondary N) is 1. The molecule has 0 aromatic heterocycles. The number of aryl methyl sites for hydroxylation is 1. The van der Waals surface area contributed by atoms with Crippen LogP contribution in [-0.4, -0.2) is 37.1 Å². The molecule has 1 fully saturated rings. The van der Waals surface area contributed by atoms with Crippen molar-refractivity contribution in [2.45, 2.75) is 45.7 Å². The Morgan fingerprint density at radius 3 is 2.57 bits per heavy atom. The average molecular weight is 409 g/mol. The van der Waals surface area contributed by atoms with E-state index in [2.05, 4.69) is 41.4 Å². The van der Waals surface area contributed by atoms with Gasteiger partial charge in [-0.3, -0.25) is 9.69 Å². The van der Waals surface area contributed by atoms with Crippen LogP contribution in [0.15, 0.2) is 42.5 Å². The Kier molecular flexibility index (Phi) is 6.90. The third-order valence-electron chi connectivity index (χ3n) is 5.91. The van der Waals surface area contributed by atoms with Gasteiger partial charge in [-0.25, -0.2) is 0 Å². The molecule has 2 aliphatic rings. The van der Waals surface area contributed by atoms with Crippen LogP contribution >= 0.6 is 0 Å². The molecular formula is C25H32N2O3. The molecule has 1 amide bonds. The van der Waals surface area contributed by atoms with Gasteiger partial charge in [-0.1, -0.05) is 37.3 Å². The lowest BCUT2D eigenvalue weighted by Crippen LogP contribution is -2.33. The van der Waals surface area contributed by atoms with E-state index in [4.69, 9.17) is 9.47 Å². The molecule has 0 spiro atoms. The molecule has 0 saturated carbocycles. The maximum atomic E-state index is 12.3. The van der Waals surface area contributed by atoms with E-state index in [1.165, 1.54) is 31.5 Å². The number of likely N-dealkylation sites (tertiary alicyclic amines) is 1. The number of carbonyl (C=O) groups is 1. The van der Waals surface area contributed by atoms with Gasteiger partial charge in [0.25, 0.3) is 0 Å². The first-order valence-corrected chi connectivity index (χ1v) is 11.1. The van der Waals surface area contributed by atoms with E-state index in [-0.39, 0.29) is 5.91 Å². The highest BCUT2D eigenvalue weighted by molar-refractivity contribution is 5.76. The Hall–Kier alpha value is -2.53. The molecule has 0 aliphatic carbocycles. The van der Waals surface area contributed by atoms with Gasteiger partial charge < -0.3 is 14.8 Å². The fourth-order valence-electron chi connectivity index (χ4n) is 4.24. The first kappa shape index (κ1) is 20.7. The first-order chi connectivity index (χ1) is 14.7. The molecule has 1 N–H and O–H groups in total. The number of rotatable bonds is 7. The summed E-state index contributed by atoms with van der Waals surface area (Å²) in [5.41, 5.74) is 3.57. The highest BCUT2D eigenvalue weighted by Gasteiger charge is 2.16. The predicted octanol–water partition coefficient (Wildman–Crippen LogP) is 3.94. The summed E-state index contributed by atoms with van der Waals surface area (Å²) < 4.78 is 11.2. The van der Waals surface area contributed by atoms with Gasteiger partial charge >= 0.3 is 0 Å². The largest absolute Gasteiger partial charge is 0.486 e. The zero-order chi connectivity index (χ0) is 20.8. The van der Waals surface area contributed by atoms with E-state index in [0.29, 0.717) is 32.6 Å². The fraction of sp³-hybridized carbons (Fsp3) is 0.480. The van der Waals surface area contributed by atoms with Gasteiger partial charge in [-0.2, -0.15) is 0 Å². The van der Waals surface area contributed by atoms with Crippen molar-refractivity contribution in [3.63, 3.8) is 0 Å². The zero-order valence-electron chi connectivity index (χ0n) is 17.9. The monoisotopic (exact) mass is 408 g/mol. The molecule has 1 atom stereocenters. The summed E-state index contributed by atoms with van der Waals surface area (Å²) in [6.07, 6.45) is 3.81. The Labute approximate surface area is 179 Å². The van der Waals surface area contributed by atoms with Crippen LogP contribution in [-0.2, 0) is 24.3 Å². The Balaban J connectivity index is 1.20. The van der Waals surface area contributed by atoms with E-state index >= 15 is 0 Å². The molecule has 0 radical (unpaired) electrons. The van der Waals surface area contributed by atoms with E-state index in [0.717, 1.165) is 35.1 Å². The lowest BCUT2D eigenvalue weighted by Gasteiger charge is -2.30. The van der Waals surface area contributed by atoms with Gasteiger partial charge in [0.05, 0.1) is 0 Å². The van der Waals surface area contributed by atoms with Crippen LogP contribution in [0.5, 0.6) is 11.5 Å². The van der Waals surface area contributed by atoms with E-state index in [9.17, 15) is 4.79 Å². The SMILES string of the molecule is CC1CCCN(Cc2ccc(CNC(=O)CCc3ccc4c(c3)OCCO4)cc2)C1. The maximum absolute atomic E-state index is 12.3. The Bertz CT molecular complexity index is 850. The zero-order valence-corrected chi connectivity index (χ0v) is 17.9. The average Bonchev–Trinajstić information content (AvgIpc) is 2.77. The third-order valence-corrected chi connectivity index (χ3v) is 5.91. The number of hydrogen-bond donors (Lipinski definition) is 1. The molecule has 2 aromatic rings. The summed E-state index contributed by atoms with van der Waals surface area (Å²) in [5, 5.41) is 3.03. The molecule has 2 heterocycles. The Morgan fingerprint density at radius 1 is 1.03 bits per heavy atom. The molecule has 30 heavy (non-hydrogen) atoms. The predicted molar refractivity (Wildman–Crippen MR) is 118 cm³/mol. The molecule has 0 bridgehead atoms. The van der Waals surface area contributed by atoms with Crippen LogP contribution < -0.4 is 14.8 Å². The van der Waals surface area contributed by atoms with E-state index in [1.54, 1.807) is 0 Å². The molecule has 5 nitrogen and oxygen atoms in total. The molecular weight excluding hydrogens is 376 g/mol. The minimum atomic E-state index is 0.0660. The van der Waals surface area contributed by atoms with E-state index in [1.807, 2.05) is 18.2 Å². The second-order valence-corrected chi connectivity index (χ2v) is 8.55. The number of nitrogens with zero attached hydrogens (tertiary/aromatic N) is 1. The van der Waals surface area contributed by atoms with Crippen molar-refractivity contribution in [3.8, 4) is 11.5 Å². The van der Waals surface area contributed by atoms with Crippen LogP contribution in [0.3, 0.4) is 0 Å². The summed E-state index contributed by atoms with van der Waals surface area (Å²) >= 11 is 0. The number of carbonyl (C=O) groups excluding carboxylic acids is 1. The van der Waals surface area contributed by atoms with E-state index < -0.39 is 0 Å². The first-order valence-electron chi connectivity index (χ1n) is 11.1. The van der Waals surface area contributed by atoms with Gasteiger partial charge in [0.1, 0.15) is 13.2 Å². The fourth-order valence-corrected chi connectivity index (χ4v) is 4.24. The smallest absolute Gasteiger partial charge is 0.220 e. The number of ether oxygens (including phenoxy) is 2. The summed E-state index contributed by atoms with van der Waals surface area (Å²) in [5.74, 6) is 2.43. The molecule has 1 unspecified atom stereocenters. The Morgan fingerprint density at radius 2 is 1.77 bits per heavy atom. The number of hydrogen-bond acceptors (Lipinski definition) is 4. The van der Waals surface area contributed by atoms with Crippen molar-refractivity contribution < 1.29 is 14.3 Å². The third kappa shape index (κ3) is 5.76. The van der Waals surface area contributed by atoms with Crippen molar-refractivity contribution in [1.29, 1.82) is 0 Å². The normalized spacial score (nSPS) is 18.8. The lowest BCUT2D eigenvalue weighted by atomic mass is 9.99. The topological polar surface area (TPSA) is 50.8 Å². The van der Waals surface area contributed by atoms with Gasteiger partial charge in [0.2, 0.25) is 5.91 Å². The molecule has 2 aliphatic heterocycles. The van der Waals surface area contributed by atoms with Crippen LogP contribution in [0.4, 0.5) is 0 Å². The number of benzene rings is 2. The van der Waals surface area contributed by atoms with Crippen LogP contribution in [0, 0.1) is 5.92 Å². The van der Waals surface area contributed by atoms with Crippen molar-refractivity contribution in [2.75, 3.05) is 26.3 Å². The van der Waals surface area contributed by atoms with Gasteiger partial charge in [0.15, 0.2) is 11.5 Å². The minimum Gasteiger partial charge on any atom is -0.486 e. The number of fused-ring (bicyclic) bond motifs is 1. The van der Waals surface area contributed by atoms with Crippen molar-refractivity contribution in [3.05, 3.63) is 59.2 Å². The lowest BCUT2D eigenvalue weighted by molar-refractivity contribution is -0.121. The standard InChI is InChI=1S/C25H32N2O3/c1-19-3-2-12-27(17-19)18-22-6-4-21(5-7-22)16-26-25(28)11-9-20-8-10-23-24(15-20)30-14-13-29-23/h4-8,10,15,19H,2-3,9,11-14,16-18H2,1H3,(H,26,28). The number of amides is 1. The molecule has 4 rings (SSSR count). The summed E-state index contributed by atoms with van der Waals surface area (Å²) in [4.78, 5) is 14.8. The highest BCUT2D eigenvalue weighted by Crippen LogP contribution is 2.31. The second-order valence-electron chi connectivity index (χ2n) is 8.55.